The monoisotopic (exact) mass is 380 g/mol. The van der Waals surface area contributed by atoms with Crippen LogP contribution in [0.2, 0.25) is 5.15 Å². The number of nitrogens with zero attached hydrogens (tertiary/aromatic N) is 2. The van der Waals surface area contributed by atoms with E-state index in [2.05, 4.69) is 20.0 Å². The summed E-state index contributed by atoms with van der Waals surface area (Å²) in [6.07, 6.45) is 2.75. The van der Waals surface area contributed by atoms with E-state index in [9.17, 15) is 8.42 Å². The van der Waals surface area contributed by atoms with Gasteiger partial charge in [-0.2, -0.15) is 0 Å². The van der Waals surface area contributed by atoms with E-state index in [0.29, 0.717) is 10.8 Å². The Kier molecular flexibility index (Phi) is 4.70. The molecule has 0 saturated heterocycles. The first-order chi connectivity index (χ1) is 11.4. The summed E-state index contributed by atoms with van der Waals surface area (Å²) in [4.78, 5) is 8.51. The summed E-state index contributed by atoms with van der Waals surface area (Å²) in [7, 11) is -3.28. The molecule has 124 valence electrons. The molecule has 0 saturated carbocycles. The van der Waals surface area contributed by atoms with E-state index in [-0.39, 0.29) is 0 Å². The van der Waals surface area contributed by atoms with Crippen molar-refractivity contribution >= 4 is 49.5 Å². The van der Waals surface area contributed by atoms with Crippen LogP contribution in [0.1, 0.15) is 0 Å². The number of halogens is 1. The quantitative estimate of drug-likeness (QED) is 0.654. The fraction of sp³-hybridized carbons (Fsp3) is 0.0667. The molecule has 24 heavy (non-hydrogen) atoms. The molecule has 1 aromatic carbocycles. The zero-order valence-electron chi connectivity index (χ0n) is 12.5. The highest BCUT2D eigenvalue weighted by Gasteiger charge is 2.07. The number of sulfonamides is 1. The lowest BCUT2D eigenvalue weighted by atomic mass is 10.1. The van der Waals surface area contributed by atoms with E-state index in [1.54, 1.807) is 24.4 Å². The maximum absolute atomic E-state index is 11.2. The standard InChI is InChI=1S/C15H13ClN4O2S2/c1-24(21,22)20-11-4-2-10(3-5-11)13-9-23-15(19-13)18-12-6-7-14(16)17-8-12/h2-9,20H,1H3,(H,18,19). The van der Waals surface area contributed by atoms with Crippen molar-refractivity contribution < 1.29 is 8.42 Å². The SMILES string of the molecule is CS(=O)(=O)Nc1ccc(-c2csc(Nc3ccc(Cl)nc3)n2)cc1. The highest BCUT2D eigenvalue weighted by molar-refractivity contribution is 7.92. The van der Waals surface area contributed by atoms with Gasteiger partial charge in [0.05, 0.1) is 23.8 Å². The molecule has 0 bridgehead atoms. The number of nitrogens with one attached hydrogen (secondary N) is 2. The molecule has 0 radical (unpaired) electrons. The molecular formula is C15H13ClN4O2S2. The zero-order chi connectivity index (χ0) is 17.2. The van der Waals surface area contributed by atoms with Crippen LogP contribution in [-0.4, -0.2) is 24.6 Å². The number of aromatic nitrogens is 2. The van der Waals surface area contributed by atoms with Gasteiger partial charge in [-0.25, -0.2) is 18.4 Å². The Morgan fingerprint density at radius 3 is 2.42 bits per heavy atom. The van der Waals surface area contributed by atoms with Crippen molar-refractivity contribution in [2.24, 2.45) is 0 Å². The van der Waals surface area contributed by atoms with E-state index in [1.165, 1.54) is 11.3 Å². The van der Waals surface area contributed by atoms with Crippen LogP contribution in [0, 0.1) is 0 Å². The number of anilines is 3. The topological polar surface area (TPSA) is 84.0 Å². The largest absolute Gasteiger partial charge is 0.330 e. The van der Waals surface area contributed by atoms with E-state index in [1.807, 2.05) is 23.6 Å². The first kappa shape index (κ1) is 16.7. The average molecular weight is 381 g/mol. The Balaban J connectivity index is 1.74. The van der Waals surface area contributed by atoms with Crippen LogP contribution in [-0.2, 0) is 10.0 Å². The van der Waals surface area contributed by atoms with Gasteiger partial charge in [0.1, 0.15) is 5.15 Å². The Morgan fingerprint density at radius 2 is 1.79 bits per heavy atom. The highest BCUT2D eigenvalue weighted by Crippen LogP contribution is 2.28. The summed E-state index contributed by atoms with van der Waals surface area (Å²) in [5, 5.41) is 6.24. The van der Waals surface area contributed by atoms with Gasteiger partial charge in [0.15, 0.2) is 5.13 Å². The van der Waals surface area contributed by atoms with Crippen molar-refractivity contribution in [3.8, 4) is 11.3 Å². The molecule has 2 aromatic heterocycles. The Morgan fingerprint density at radius 1 is 1.08 bits per heavy atom. The lowest BCUT2D eigenvalue weighted by Crippen LogP contribution is -2.09. The molecule has 0 unspecified atom stereocenters. The molecule has 0 aliphatic heterocycles. The lowest BCUT2D eigenvalue weighted by Gasteiger charge is -2.04. The second kappa shape index (κ2) is 6.76. The molecule has 3 rings (SSSR count). The Hall–Kier alpha value is -2.16. The van der Waals surface area contributed by atoms with E-state index in [4.69, 9.17) is 11.6 Å². The predicted molar refractivity (Wildman–Crippen MR) is 98.5 cm³/mol. The molecule has 0 amide bonds. The van der Waals surface area contributed by atoms with Crippen LogP contribution in [0.15, 0.2) is 48.0 Å². The molecular weight excluding hydrogens is 368 g/mol. The molecule has 0 atom stereocenters. The van der Waals surface area contributed by atoms with Gasteiger partial charge in [-0.05, 0) is 24.3 Å². The highest BCUT2D eigenvalue weighted by atomic mass is 35.5. The maximum Gasteiger partial charge on any atom is 0.229 e. The third-order valence-corrected chi connectivity index (χ3v) is 4.55. The van der Waals surface area contributed by atoms with Crippen LogP contribution in [0.25, 0.3) is 11.3 Å². The summed E-state index contributed by atoms with van der Waals surface area (Å²) >= 11 is 7.22. The van der Waals surface area contributed by atoms with Crippen molar-refractivity contribution in [2.75, 3.05) is 16.3 Å². The minimum Gasteiger partial charge on any atom is -0.330 e. The van der Waals surface area contributed by atoms with Gasteiger partial charge in [0.25, 0.3) is 0 Å². The zero-order valence-corrected chi connectivity index (χ0v) is 14.9. The summed E-state index contributed by atoms with van der Waals surface area (Å²) in [6, 6.07) is 10.6. The van der Waals surface area contributed by atoms with Crippen LogP contribution in [0.4, 0.5) is 16.5 Å². The number of pyridine rings is 1. The smallest absolute Gasteiger partial charge is 0.229 e. The van der Waals surface area contributed by atoms with Gasteiger partial charge >= 0.3 is 0 Å². The van der Waals surface area contributed by atoms with Gasteiger partial charge in [-0.3, -0.25) is 4.72 Å². The van der Waals surface area contributed by atoms with Crippen LogP contribution in [0.5, 0.6) is 0 Å². The number of rotatable bonds is 5. The number of hydrogen-bond donors (Lipinski definition) is 2. The fourth-order valence-electron chi connectivity index (χ4n) is 1.96. The number of benzene rings is 1. The van der Waals surface area contributed by atoms with E-state index < -0.39 is 10.0 Å². The summed E-state index contributed by atoms with van der Waals surface area (Å²) in [6.45, 7) is 0. The van der Waals surface area contributed by atoms with Gasteiger partial charge in [0, 0.05) is 16.6 Å². The Bertz CT molecular complexity index is 938. The normalized spacial score (nSPS) is 11.2. The summed E-state index contributed by atoms with van der Waals surface area (Å²) in [5.41, 5.74) is 3.01. The maximum atomic E-state index is 11.2. The van der Waals surface area contributed by atoms with E-state index in [0.717, 1.165) is 28.3 Å². The molecule has 2 N–H and O–H groups in total. The predicted octanol–water partition coefficient (Wildman–Crippen LogP) is 3.97. The molecule has 9 heteroatoms. The second-order valence-corrected chi connectivity index (χ2v) is 7.98. The van der Waals surface area contributed by atoms with Crippen molar-refractivity contribution in [3.05, 3.63) is 53.1 Å². The van der Waals surface area contributed by atoms with Gasteiger partial charge in [-0.1, -0.05) is 23.7 Å². The summed E-state index contributed by atoms with van der Waals surface area (Å²) < 4.78 is 24.8. The van der Waals surface area contributed by atoms with Crippen LogP contribution >= 0.6 is 22.9 Å². The molecule has 3 aromatic rings. The van der Waals surface area contributed by atoms with Crippen LogP contribution < -0.4 is 10.0 Å². The molecule has 2 heterocycles. The first-order valence-electron chi connectivity index (χ1n) is 6.81. The number of thiazole rings is 1. The molecule has 6 nitrogen and oxygen atoms in total. The molecule has 0 spiro atoms. The van der Waals surface area contributed by atoms with Crippen molar-refractivity contribution in [3.63, 3.8) is 0 Å². The van der Waals surface area contributed by atoms with E-state index >= 15 is 0 Å². The molecule has 0 aliphatic rings. The average Bonchev–Trinajstić information content (AvgIpc) is 2.97. The van der Waals surface area contributed by atoms with Crippen molar-refractivity contribution in [1.82, 2.24) is 9.97 Å². The van der Waals surface area contributed by atoms with Gasteiger partial charge in [0.2, 0.25) is 10.0 Å². The minimum absolute atomic E-state index is 0.433. The minimum atomic E-state index is -3.28. The van der Waals surface area contributed by atoms with Crippen molar-refractivity contribution in [1.29, 1.82) is 0 Å². The van der Waals surface area contributed by atoms with Crippen molar-refractivity contribution in [2.45, 2.75) is 0 Å². The lowest BCUT2D eigenvalue weighted by molar-refractivity contribution is 0.607. The summed E-state index contributed by atoms with van der Waals surface area (Å²) in [5.74, 6) is 0. The van der Waals surface area contributed by atoms with Gasteiger partial charge in [-0.15, -0.1) is 11.3 Å². The fourth-order valence-corrected chi connectivity index (χ4v) is 3.38. The number of hydrogen-bond acceptors (Lipinski definition) is 6. The first-order valence-corrected chi connectivity index (χ1v) is 9.96. The molecule has 0 aliphatic carbocycles. The van der Waals surface area contributed by atoms with Crippen LogP contribution in [0.3, 0.4) is 0 Å². The molecule has 0 fully saturated rings. The third-order valence-electron chi connectivity index (χ3n) is 2.97. The second-order valence-electron chi connectivity index (χ2n) is 4.98. The van der Waals surface area contributed by atoms with Gasteiger partial charge < -0.3 is 5.32 Å². The third kappa shape index (κ3) is 4.44. The Labute approximate surface area is 148 Å².